The fraction of sp³-hybridized carbons (Fsp3) is 0.0667. The molecule has 1 amide bonds. The molecule has 0 saturated carbocycles. The molecular formula is C15H12Cl2N2OS. The summed E-state index contributed by atoms with van der Waals surface area (Å²) in [5.74, 6) is -0.261. The highest BCUT2D eigenvalue weighted by Crippen LogP contribution is 2.24. The number of anilines is 1. The first-order chi connectivity index (χ1) is 9.90. The number of rotatable bonds is 3. The Hall–Kier alpha value is -1.62. The summed E-state index contributed by atoms with van der Waals surface area (Å²) in [6, 6.07) is 11.9. The SMILES string of the molecule is CN(C(=O)c1cc(Cl)ccc1Cl)c1cccc(C(N)=S)c1. The molecule has 0 spiro atoms. The van der Waals surface area contributed by atoms with Gasteiger partial charge in [-0.1, -0.05) is 47.6 Å². The van der Waals surface area contributed by atoms with Crippen LogP contribution in [0.25, 0.3) is 0 Å². The summed E-state index contributed by atoms with van der Waals surface area (Å²) >= 11 is 16.9. The van der Waals surface area contributed by atoms with Gasteiger partial charge in [0.2, 0.25) is 0 Å². The number of amides is 1. The highest BCUT2D eigenvalue weighted by molar-refractivity contribution is 7.80. The zero-order chi connectivity index (χ0) is 15.6. The molecule has 2 aromatic carbocycles. The zero-order valence-corrected chi connectivity index (χ0v) is 13.5. The van der Waals surface area contributed by atoms with Gasteiger partial charge in [-0.3, -0.25) is 4.79 Å². The molecule has 2 aromatic rings. The first-order valence-corrected chi connectivity index (χ1v) is 7.19. The van der Waals surface area contributed by atoms with Gasteiger partial charge < -0.3 is 10.6 Å². The third-order valence-electron chi connectivity index (χ3n) is 2.98. The van der Waals surface area contributed by atoms with Crippen LogP contribution in [0.5, 0.6) is 0 Å². The van der Waals surface area contributed by atoms with Crippen molar-refractivity contribution >= 4 is 52.0 Å². The first kappa shape index (κ1) is 15.8. The van der Waals surface area contributed by atoms with E-state index in [1.807, 2.05) is 0 Å². The molecule has 0 aromatic heterocycles. The summed E-state index contributed by atoms with van der Waals surface area (Å²) in [6.07, 6.45) is 0. The normalized spacial score (nSPS) is 10.2. The van der Waals surface area contributed by atoms with E-state index in [-0.39, 0.29) is 10.9 Å². The molecule has 3 nitrogen and oxygen atoms in total. The fourth-order valence-corrected chi connectivity index (χ4v) is 2.32. The van der Waals surface area contributed by atoms with Crippen LogP contribution < -0.4 is 10.6 Å². The maximum Gasteiger partial charge on any atom is 0.259 e. The van der Waals surface area contributed by atoms with Crippen LogP contribution in [0.1, 0.15) is 15.9 Å². The highest BCUT2D eigenvalue weighted by Gasteiger charge is 2.17. The number of nitrogens with two attached hydrogens (primary N) is 1. The van der Waals surface area contributed by atoms with Gasteiger partial charge >= 0.3 is 0 Å². The summed E-state index contributed by atoms with van der Waals surface area (Å²) in [4.78, 5) is 14.3. The minimum Gasteiger partial charge on any atom is -0.389 e. The second-order valence-electron chi connectivity index (χ2n) is 4.40. The Balaban J connectivity index is 2.37. The van der Waals surface area contributed by atoms with Crippen LogP contribution in [0.4, 0.5) is 5.69 Å². The number of nitrogens with zero attached hydrogens (tertiary/aromatic N) is 1. The maximum atomic E-state index is 12.5. The number of hydrogen-bond donors (Lipinski definition) is 1. The predicted octanol–water partition coefficient (Wildman–Crippen LogP) is 3.90. The van der Waals surface area contributed by atoms with E-state index in [1.165, 1.54) is 4.90 Å². The van der Waals surface area contributed by atoms with Crippen molar-refractivity contribution in [1.29, 1.82) is 0 Å². The molecule has 0 bridgehead atoms. The second-order valence-corrected chi connectivity index (χ2v) is 5.69. The number of benzene rings is 2. The van der Waals surface area contributed by atoms with Crippen molar-refractivity contribution in [3.8, 4) is 0 Å². The highest BCUT2D eigenvalue weighted by atomic mass is 35.5. The monoisotopic (exact) mass is 338 g/mol. The van der Waals surface area contributed by atoms with Crippen LogP contribution in [-0.4, -0.2) is 17.9 Å². The average Bonchev–Trinajstić information content (AvgIpc) is 2.48. The van der Waals surface area contributed by atoms with E-state index >= 15 is 0 Å². The molecule has 21 heavy (non-hydrogen) atoms. The quantitative estimate of drug-likeness (QED) is 0.863. The lowest BCUT2D eigenvalue weighted by Crippen LogP contribution is -2.26. The van der Waals surface area contributed by atoms with Crippen LogP contribution in [0.2, 0.25) is 10.0 Å². The zero-order valence-electron chi connectivity index (χ0n) is 11.1. The summed E-state index contributed by atoms with van der Waals surface area (Å²) in [6.45, 7) is 0. The molecule has 0 aliphatic heterocycles. The Bertz CT molecular complexity index is 719. The van der Waals surface area contributed by atoms with Crippen molar-refractivity contribution in [3.05, 3.63) is 63.6 Å². The van der Waals surface area contributed by atoms with Gasteiger partial charge in [0, 0.05) is 23.3 Å². The van der Waals surface area contributed by atoms with E-state index in [2.05, 4.69) is 0 Å². The van der Waals surface area contributed by atoms with Crippen molar-refractivity contribution in [2.45, 2.75) is 0 Å². The molecule has 0 heterocycles. The third-order valence-corrected chi connectivity index (χ3v) is 3.78. The minimum atomic E-state index is -0.261. The van der Waals surface area contributed by atoms with E-state index in [1.54, 1.807) is 49.5 Å². The lowest BCUT2D eigenvalue weighted by atomic mass is 10.1. The Morgan fingerprint density at radius 1 is 1.19 bits per heavy atom. The van der Waals surface area contributed by atoms with E-state index in [9.17, 15) is 4.79 Å². The minimum absolute atomic E-state index is 0.261. The van der Waals surface area contributed by atoms with Crippen molar-refractivity contribution in [2.75, 3.05) is 11.9 Å². The van der Waals surface area contributed by atoms with Crippen LogP contribution >= 0.6 is 35.4 Å². The van der Waals surface area contributed by atoms with E-state index in [0.29, 0.717) is 26.9 Å². The van der Waals surface area contributed by atoms with Gasteiger partial charge in [0.1, 0.15) is 4.99 Å². The standard InChI is InChI=1S/C15H12Cl2N2OS/c1-19(11-4-2-3-9(7-11)14(18)21)15(20)12-8-10(16)5-6-13(12)17/h2-8H,1H3,(H2,18,21). The van der Waals surface area contributed by atoms with Gasteiger partial charge in [-0.25, -0.2) is 0 Å². The Morgan fingerprint density at radius 3 is 2.57 bits per heavy atom. The number of hydrogen-bond acceptors (Lipinski definition) is 2. The van der Waals surface area contributed by atoms with Gasteiger partial charge in [0.25, 0.3) is 5.91 Å². The van der Waals surface area contributed by atoms with Crippen molar-refractivity contribution in [3.63, 3.8) is 0 Å². The largest absolute Gasteiger partial charge is 0.389 e. The van der Waals surface area contributed by atoms with Crippen molar-refractivity contribution in [2.24, 2.45) is 5.73 Å². The second kappa shape index (κ2) is 6.43. The number of halogens is 2. The van der Waals surface area contributed by atoms with Gasteiger partial charge in [-0.15, -0.1) is 0 Å². The van der Waals surface area contributed by atoms with Gasteiger partial charge in [-0.2, -0.15) is 0 Å². The number of thiocarbonyl (C=S) groups is 1. The molecule has 6 heteroatoms. The molecule has 0 radical (unpaired) electrons. The van der Waals surface area contributed by atoms with Crippen molar-refractivity contribution < 1.29 is 4.79 Å². The smallest absolute Gasteiger partial charge is 0.259 e. The van der Waals surface area contributed by atoms with Gasteiger partial charge in [-0.05, 0) is 30.3 Å². The molecule has 0 unspecified atom stereocenters. The van der Waals surface area contributed by atoms with Crippen molar-refractivity contribution in [1.82, 2.24) is 0 Å². The van der Waals surface area contributed by atoms with Crippen LogP contribution in [-0.2, 0) is 0 Å². The van der Waals surface area contributed by atoms with Gasteiger partial charge in [0.05, 0.1) is 10.6 Å². The summed E-state index contributed by atoms with van der Waals surface area (Å²) in [5.41, 5.74) is 7.31. The topological polar surface area (TPSA) is 46.3 Å². The summed E-state index contributed by atoms with van der Waals surface area (Å²) in [7, 11) is 1.65. The lowest BCUT2D eigenvalue weighted by molar-refractivity contribution is 0.0993. The van der Waals surface area contributed by atoms with Crippen LogP contribution in [0.15, 0.2) is 42.5 Å². The van der Waals surface area contributed by atoms with Gasteiger partial charge in [0.15, 0.2) is 0 Å². The predicted molar refractivity (Wildman–Crippen MR) is 91.5 cm³/mol. The molecule has 0 atom stereocenters. The van der Waals surface area contributed by atoms with E-state index in [0.717, 1.165) is 0 Å². The molecular weight excluding hydrogens is 327 g/mol. The maximum absolute atomic E-state index is 12.5. The van der Waals surface area contributed by atoms with Crippen LogP contribution in [0, 0.1) is 0 Å². The van der Waals surface area contributed by atoms with E-state index < -0.39 is 0 Å². The average molecular weight is 339 g/mol. The fourth-order valence-electron chi connectivity index (χ4n) is 1.83. The third kappa shape index (κ3) is 3.53. The molecule has 2 rings (SSSR count). The number of carbonyl (C=O) groups is 1. The summed E-state index contributed by atoms with van der Waals surface area (Å²) in [5, 5.41) is 0.801. The Kier molecular flexibility index (Phi) is 4.83. The lowest BCUT2D eigenvalue weighted by Gasteiger charge is -2.19. The molecule has 108 valence electrons. The summed E-state index contributed by atoms with van der Waals surface area (Å²) < 4.78 is 0. The Labute approximate surface area is 138 Å². The molecule has 0 saturated heterocycles. The molecule has 0 fully saturated rings. The van der Waals surface area contributed by atoms with E-state index in [4.69, 9.17) is 41.2 Å². The number of carbonyl (C=O) groups excluding carboxylic acids is 1. The molecule has 0 aliphatic rings. The molecule has 2 N–H and O–H groups in total. The van der Waals surface area contributed by atoms with Crippen LogP contribution in [0.3, 0.4) is 0 Å². The molecule has 0 aliphatic carbocycles. The first-order valence-electron chi connectivity index (χ1n) is 6.03. The Morgan fingerprint density at radius 2 is 1.90 bits per heavy atom.